The lowest BCUT2D eigenvalue weighted by Gasteiger charge is -2.29. The van der Waals surface area contributed by atoms with Gasteiger partial charge in [0.1, 0.15) is 0 Å². The molecule has 1 N–H and O–H groups in total. The Balaban J connectivity index is 1.67. The number of nitrogens with one attached hydrogen (secondary N) is 1. The Kier molecular flexibility index (Phi) is 6.93. The van der Waals surface area contributed by atoms with Crippen LogP contribution in [0.4, 0.5) is 17.1 Å². The molecular weight excluding hydrogens is 350 g/mol. The number of hydrogen-bond donors (Lipinski definition) is 1. The van der Waals surface area contributed by atoms with Gasteiger partial charge in [-0.3, -0.25) is 4.79 Å². The summed E-state index contributed by atoms with van der Waals surface area (Å²) in [5.74, 6) is -0.0766. The number of anilines is 3. The van der Waals surface area contributed by atoms with Crippen LogP contribution in [0.5, 0.6) is 0 Å². The zero-order chi connectivity index (χ0) is 19.9. The van der Waals surface area contributed by atoms with Crippen molar-refractivity contribution in [2.75, 3.05) is 54.5 Å². The molecule has 0 bridgehead atoms. The second-order valence-electron chi connectivity index (χ2n) is 7.18. The first-order chi connectivity index (χ1) is 13.6. The molecule has 0 aromatic heterocycles. The van der Waals surface area contributed by atoms with Gasteiger partial charge in [-0.2, -0.15) is 0 Å². The summed E-state index contributed by atoms with van der Waals surface area (Å²) in [6.45, 7) is 11.7. The zero-order valence-corrected chi connectivity index (χ0v) is 17.2. The molecule has 150 valence electrons. The smallest absolute Gasteiger partial charge is 0.255 e. The summed E-state index contributed by atoms with van der Waals surface area (Å²) in [5, 5.41) is 3.05. The van der Waals surface area contributed by atoms with Gasteiger partial charge in [0.2, 0.25) is 0 Å². The minimum absolute atomic E-state index is 0.0766. The van der Waals surface area contributed by atoms with E-state index < -0.39 is 0 Å². The second kappa shape index (κ2) is 9.60. The first-order valence-corrected chi connectivity index (χ1v) is 10.2. The largest absolute Gasteiger partial charge is 0.378 e. The van der Waals surface area contributed by atoms with Crippen LogP contribution in [0.2, 0.25) is 0 Å². The minimum atomic E-state index is -0.0766. The van der Waals surface area contributed by atoms with Crippen molar-refractivity contribution in [3.05, 3.63) is 53.6 Å². The predicted molar refractivity (Wildman–Crippen MR) is 117 cm³/mol. The Morgan fingerprint density at radius 1 is 1.11 bits per heavy atom. The van der Waals surface area contributed by atoms with Crippen molar-refractivity contribution < 1.29 is 9.53 Å². The summed E-state index contributed by atoms with van der Waals surface area (Å²) >= 11 is 0. The minimum Gasteiger partial charge on any atom is -0.378 e. The molecule has 0 radical (unpaired) electrons. The van der Waals surface area contributed by atoms with E-state index in [1.165, 1.54) is 5.69 Å². The molecule has 0 saturated carbocycles. The highest BCUT2D eigenvalue weighted by Crippen LogP contribution is 2.24. The highest BCUT2D eigenvalue weighted by atomic mass is 16.5. The third-order valence-electron chi connectivity index (χ3n) is 5.20. The molecular formula is C23H31N3O2. The fraction of sp³-hybridized carbons (Fsp3) is 0.435. The van der Waals surface area contributed by atoms with Gasteiger partial charge in [0.05, 0.1) is 13.2 Å². The van der Waals surface area contributed by atoms with Crippen molar-refractivity contribution in [1.82, 2.24) is 0 Å². The predicted octanol–water partition coefficient (Wildman–Crippen LogP) is 4.32. The fourth-order valence-electron chi connectivity index (χ4n) is 3.56. The molecule has 1 saturated heterocycles. The highest BCUT2D eigenvalue weighted by Gasteiger charge is 2.14. The molecule has 1 fully saturated rings. The maximum absolute atomic E-state index is 12.7. The van der Waals surface area contributed by atoms with Gasteiger partial charge < -0.3 is 19.9 Å². The van der Waals surface area contributed by atoms with Gasteiger partial charge in [0.25, 0.3) is 5.91 Å². The number of aryl methyl sites for hydroxylation is 1. The summed E-state index contributed by atoms with van der Waals surface area (Å²) in [7, 11) is 0. The summed E-state index contributed by atoms with van der Waals surface area (Å²) in [6, 6.07) is 14.1. The molecule has 0 spiro atoms. The molecule has 28 heavy (non-hydrogen) atoms. The lowest BCUT2D eigenvalue weighted by molar-refractivity contribution is 0.102. The molecule has 0 aliphatic carbocycles. The van der Waals surface area contributed by atoms with Gasteiger partial charge in [-0.15, -0.1) is 0 Å². The van der Waals surface area contributed by atoms with E-state index in [0.717, 1.165) is 62.8 Å². The molecule has 5 nitrogen and oxygen atoms in total. The number of morpholine rings is 1. The first-order valence-electron chi connectivity index (χ1n) is 10.2. The van der Waals surface area contributed by atoms with E-state index in [1.54, 1.807) is 0 Å². The zero-order valence-electron chi connectivity index (χ0n) is 17.2. The van der Waals surface area contributed by atoms with Crippen molar-refractivity contribution in [2.45, 2.75) is 27.2 Å². The molecule has 0 atom stereocenters. The number of carbonyl (C=O) groups is 1. The van der Waals surface area contributed by atoms with Gasteiger partial charge >= 0.3 is 0 Å². The van der Waals surface area contributed by atoms with E-state index in [1.807, 2.05) is 37.3 Å². The quantitative estimate of drug-likeness (QED) is 0.776. The van der Waals surface area contributed by atoms with Crippen LogP contribution in [0.25, 0.3) is 0 Å². The molecule has 1 amide bonds. The maximum atomic E-state index is 12.7. The standard InChI is InChI=1S/C23H31N3O2/c1-4-12-25(5-2)20-8-6-19(7-9-20)23(27)24-22-11-10-21(17-18(22)3)26-13-15-28-16-14-26/h6-11,17H,4-5,12-16H2,1-3H3,(H,24,27). The molecule has 5 heteroatoms. The molecule has 2 aromatic carbocycles. The molecule has 1 heterocycles. The van der Waals surface area contributed by atoms with Crippen molar-refractivity contribution in [3.63, 3.8) is 0 Å². The van der Waals surface area contributed by atoms with Crippen LogP contribution < -0.4 is 15.1 Å². The lowest BCUT2D eigenvalue weighted by Crippen LogP contribution is -2.36. The first kappa shape index (κ1) is 20.2. The Labute approximate surface area is 168 Å². The Morgan fingerprint density at radius 3 is 2.43 bits per heavy atom. The van der Waals surface area contributed by atoms with Gasteiger partial charge in [-0.05, 0) is 68.3 Å². The monoisotopic (exact) mass is 381 g/mol. The lowest BCUT2D eigenvalue weighted by atomic mass is 10.1. The van der Waals surface area contributed by atoms with E-state index in [-0.39, 0.29) is 5.91 Å². The topological polar surface area (TPSA) is 44.8 Å². The molecule has 2 aromatic rings. The number of nitrogens with zero attached hydrogens (tertiary/aromatic N) is 2. The summed E-state index contributed by atoms with van der Waals surface area (Å²) in [5.41, 5.74) is 4.93. The van der Waals surface area contributed by atoms with Crippen LogP contribution in [0.1, 0.15) is 36.2 Å². The average molecular weight is 382 g/mol. The fourth-order valence-corrected chi connectivity index (χ4v) is 3.56. The van der Waals surface area contributed by atoms with Crippen LogP contribution >= 0.6 is 0 Å². The van der Waals surface area contributed by atoms with Crippen molar-refractivity contribution >= 4 is 23.0 Å². The van der Waals surface area contributed by atoms with E-state index in [9.17, 15) is 4.79 Å². The molecule has 1 aliphatic heterocycles. The number of benzene rings is 2. The Morgan fingerprint density at radius 2 is 1.82 bits per heavy atom. The second-order valence-corrected chi connectivity index (χ2v) is 7.18. The number of rotatable bonds is 7. The normalized spacial score (nSPS) is 14.0. The summed E-state index contributed by atoms with van der Waals surface area (Å²) < 4.78 is 5.42. The van der Waals surface area contributed by atoms with E-state index in [2.05, 4.69) is 41.1 Å². The van der Waals surface area contributed by atoms with Gasteiger partial charge in [0, 0.05) is 48.8 Å². The van der Waals surface area contributed by atoms with Crippen molar-refractivity contribution in [1.29, 1.82) is 0 Å². The third-order valence-corrected chi connectivity index (χ3v) is 5.20. The van der Waals surface area contributed by atoms with E-state index in [4.69, 9.17) is 4.74 Å². The van der Waals surface area contributed by atoms with Crippen LogP contribution in [-0.4, -0.2) is 45.3 Å². The Hall–Kier alpha value is -2.53. The van der Waals surface area contributed by atoms with Gasteiger partial charge in [0.15, 0.2) is 0 Å². The Bertz CT molecular complexity index is 783. The molecule has 0 unspecified atom stereocenters. The van der Waals surface area contributed by atoms with Crippen LogP contribution in [0, 0.1) is 6.92 Å². The van der Waals surface area contributed by atoms with Crippen LogP contribution in [0.15, 0.2) is 42.5 Å². The molecule has 1 aliphatic rings. The average Bonchev–Trinajstić information content (AvgIpc) is 2.74. The number of amides is 1. The number of hydrogen-bond acceptors (Lipinski definition) is 4. The van der Waals surface area contributed by atoms with Crippen LogP contribution in [-0.2, 0) is 4.74 Å². The van der Waals surface area contributed by atoms with E-state index >= 15 is 0 Å². The SMILES string of the molecule is CCCN(CC)c1ccc(C(=O)Nc2ccc(N3CCOCC3)cc2C)cc1. The number of carbonyl (C=O) groups excluding carboxylic acids is 1. The highest BCUT2D eigenvalue weighted by molar-refractivity contribution is 6.04. The summed E-state index contributed by atoms with van der Waals surface area (Å²) in [6.07, 6.45) is 1.11. The third kappa shape index (κ3) is 4.84. The van der Waals surface area contributed by atoms with Crippen molar-refractivity contribution in [2.24, 2.45) is 0 Å². The van der Waals surface area contributed by atoms with Crippen molar-refractivity contribution in [3.8, 4) is 0 Å². The number of ether oxygens (including phenoxy) is 1. The van der Waals surface area contributed by atoms with Crippen LogP contribution in [0.3, 0.4) is 0 Å². The summed E-state index contributed by atoms with van der Waals surface area (Å²) in [4.78, 5) is 17.3. The van der Waals surface area contributed by atoms with E-state index in [0.29, 0.717) is 5.56 Å². The van der Waals surface area contributed by atoms with Gasteiger partial charge in [-0.25, -0.2) is 0 Å². The maximum Gasteiger partial charge on any atom is 0.255 e. The van der Waals surface area contributed by atoms with Gasteiger partial charge in [-0.1, -0.05) is 6.92 Å². The molecule has 3 rings (SSSR count).